The number of carbonyl (C=O) groups is 2. The smallest absolute Gasteiger partial charge is 0.306 e. The Morgan fingerprint density at radius 1 is 0.741 bits per heavy atom. The molecule has 0 bridgehead atoms. The molecule has 0 spiro atoms. The average Bonchev–Trinajstić information content (AvgIpc) is 2.62. The van der Waals surface area contributed by atoms with Gasteiger partial charge in [-0.3, -0.25) is 9.59 Å². The van der Waals surface area contributed by atoms with Crippen LogP contribution in [0.2, 0.25) is 0 Å². The third-order valence-electron chi connectivity index (χ3n) is 3.52. The van der Waals surface area contributed by atoms with E-state index in [1.807, 2.05) is 13.8 Å². The van der Waals surface area contributed by atoms with Gasteiger partial charge in [-0.15, -0.1) is 0 Å². The first-order valence-corrected chi connectivity index (χ1v) is 8.46. The van der Waals surface area contributed by atoms with Gasteiger partial charge in [0.15, 0.2) is 23.3 Å². The Hall–Kier alpha value is -2.19. The molecule has 0 amide bonds. The molecule has 0 aromatic heterocycles. The molecule has 4 nitrogen and oxygen atoms in total. The highest BCUT2D eigenvalue weighted by Gasteiger charge is 2.26. The predicted molar refractivity (Wildman–Crippen MR) is 84.9 cm³/mol. The minimum Gasteiger partial charge on any atom is -0.465 e. The van der Waals surface area contributed by atoms with Crippen LogP contribution >= 0.6 is 0 Å². The van der Waals surface area contributed by atoms with E-state index in [0.29, 0.717) is 25.9 Å². The van der Waals surface area contributed by atoms with Gasteiger partial charge in [0.25, 0.3) is 0 Å². The van der Waals surface area contributed by atoms with Crippen LogP contribution in [0.1, 0.15) is 51.5 Å². The van der Waals surface area contributed by atoms with Crippen LogP contribution in [0.5, 0.6) is 0 Å². The molecule has 0 saturated heterocycles. The Morgan fingerprint density at radius 3 is 1.67 bits per heavy atom. The molecule has 0 aliphatic carbocycles. The molecule has 0 aliphatic rings. The first-order valence-electron chi connectivity index (χ1n) is 8.46. The van der Waals surface area contributed by atoms with E-state index in [-0.39, 0.29) is 24.7 Å². The molecule has 152 valence electrons. The predicted octanol–water partition coefficient (Wildman–Crippen LogP) is 4.58. The van der Waals surface area contributed by atoms with E-state index >= 15 is 0 Å². The molecule has 0 radical (unpaired) electrons. The zero-order chi connectivity index (χ0) is 20.6. The highest BCUT2D eigenvalue weighted by molar-refractivity contribution is 5.70. The summed E-state index contributed by atoms with van der Waals surface area (Å²) >= 11 is 0. The number of esters is 2. The lowest BCUT2D eigenvalue weighted by Crippen LogP contribution is -2.11. The van der Waals surface area contributed by atoms with Gasteiger partial charge in [-0.25, -0.2) is 22.0 Å². The molecule has 0 unspecified atom stereocenters. The Balaban J connectivity index is 2.34. The zero-order valence-electron chi connectivity index (χ0n) is 15.0. The number of hydrogen-bond acceptors (Lipinski definition) is 4. The number of ether oxygens (including phenoxy) is 2. The Bertz CT molecular complexity index is 647. The van der Waals surface area contributed by atoms with E-state index in [1.54, 1.807) is 0 Å². The number of unbranched alkanes of at least 4 members (excludes halogenated alkanes) is 2. The number of benzene rings is 1. The lowest BCUT2D eigenvalue weighted by Gasteiger charge is -2.09. The summed E-state index contributed by atoms with van der Waals surface area (Å²) in [5, 5.41) is 0. The van der Waals surface area contributed by atoms with Gasteiger partial charge in [-0.05, 0) is 18.8 Å². The lowest BCUT2D eigenvalue weighted by atomic mass is 10.1. The van der Waals surface area contributed by atoms with Crippen molar-refractivity contribution in [3.63, 3.8) is 0 Å². The Labute approximate surface area is 153 Å². The van der Waals surface area contributed by atoms with Crippen molar-refractivity contribution >= 4 is 11.9 Å². The minimum atomic E-state index is -2.27. The average molecular weight is 396 g/mol. The van der Waals surface area contributed by atoms with Crippen molar-refractivity contribution in [3.05, 3.63) is 34.6 Å². The SMILES string of the molecule is CC(C)COC(=O)CCCCCC(=O)OCc1c(F)c(F)c(F)c(F)c1F. The van der Waals surface area contributed by atoms with Crippen molar-refractivity contribution in [2.75, 3.05) is 6.61 Å². The maximum atomic E-state index is 13.4. The molecule has 0 heterocycles. The number of carbonyl (C=O) groups excluding carboxylic acids is 2. The summed E-state index contributed by atoms with van der Waals surface area (Å²) in [4.78, 5) is 22.9. The maximum Gasteiger partial charge on any atom is 0.306 e. The molecule has 1 aromatic rings. The third kappa shape index (κ3) is 7.15. The summed E-state index contributed by atoms with van der Waals surface area (Å²) in [5.41, 5.74) is -1.20. The fourth-order valence-electron chi connectivity index (χ4n) is 2.05. The molecule has 0 atom stereocenters. The van der Waals surface area contributed by atoms with Crippen molar-refractivity contribution in [3.8, 4) is 0 Å². The van der Waals surface area contributed by atoms with E-state index in [1.165, 1.54) is 0 Å². The summed E-state index contributed by atoms with van der Waals surface area (Å²) in [7, 11) is 0. The lowest BCUT2D eigenvalue weighted by molar-refractivity contribution is -0.145. The molecule has 0 N–H and O–H groups in total. The molecular weight excluding hydrogens is 375 g/mol. The van der Waals surface area contributed by atoms with Crippen LogP contribution < -0.4 is 0 Å². The van der Waals surface area contributed by atoms with Crippen LogP contribution in [0.25, 0.3) is 0 Å². The second kappa shape index (κ2) is 10.8. The van der Waals surface area contributed by atoms with Crippen molar-refractivity contribution < 1.29 is 41.0 Å². The van der Waals surface area contributed by atoms with Gasteiger partial charge in [-0.2, -0.15) is 0 Å². The summed E-state index contributed by atoms with van der Waals surface area (Å²) < 4.78 is 75.4. The molecule has 0 saturated carbocycles. The fourth-order valence-corrected chi connectivity index (χ4v) is 2.05. The molecule has 0 aliphatic heterocycles. The van der Waals surface area contributed by atoms with Gasteiger partial charge >= 0.3 is 11.9 Å². The number of halogens is 5. The minimum absolute atomic E-state index is 0.115. The van der Waals surface area contributed by atoms with E-state index in [2.05, 4.69) is 4.74 Å². The quantitative estimate of drug-likeness (QED) is 0.191. The van der Waals surface area contributed by atoms with Gasteiger partial charge in [0.05, 0.1) is 12.2 Å². The van der Waals surface area contributed by atoms with Crippen LogP contribution in [0.15, 0.2) is 0 Å². The fraction of sp³-hybridized carbons (Fsp3) is 0.556. The Kier molecular flexibility index (Phi) is 9.17. The van der Waals surface area contributed by atoms with Crippen molar-refractivity contribution in [1.29, 1.82) is 0 Å². The first-order chi connectivity index (χ1) is 12.6. The van der Waals surface area contributed by atoms with Gasteiger partial charge in [0.2, 0.25) is 5.82 Å². The molecular formula is C18H21F5O4. The van der Waals surface area contributed by atoms with E-state index < -0.39 is 47.2 Å². The van der Waals surface area contributed by atoms with Crippen molar-refractivity contribution in [1.82, 2.24) is 0 Å². The number of rotatable bonds is 10. The summed E-state index contributed by atoms with van der Waals surface area (Å²) in [6, 6.07) is 0. The standard InChI is InChI=1S/C18H21F5O4/c1-10(2)8-26-12(24)6-4-3-5-7-13(25)27-9-11-14(19)16(21)18(23)17(22)15(11)20/h10H,3-9H2,1-2H3. The van der Waals surface area contributed by atoms with Gasteiger partial charge in [-0.1, -0.05) is 20.3 Å². The van der Waals surface area contributed by atoms with Gasteiger partial charge in [0, 0.05) is 12.8 Å². The number of hydrogen-bond donors (Lipinski definition) is 0. The summed E-state index contributed by atoms with van der Waals surface area (Å²) in [6.45, 7) is 3.09. The molecule has 27 heavy (non-hydrogen) atoms. The van der Waals surface area contributed by atoms with Gasteiger partial charge in [0.1, 0.15) is 6.61 Å². The van der Waals surface area contributed by atoms with Crippen molar-refractivity contribution in [2.45, 2.75) is 52.6 Å². The van der Waals surface area contributed by atoms with Crippen molar-refractivity contribution in [2.24, 2.45) is 5.92 Å². The molecule has 9 heteroatoms. The third-order valence-corrected chi connectivity index (χ3v) is 3.52. The second-order valence-corrected chi connectivity index (χ2v) is 6.35. The second-order valence-electron chi connectivity index (χ2n) is 6.35. The van der Waals surface area contributed by atoms with Crippen LogP contribution in [0, 0.1) is 35.0 Å². The monoisotopic (exact) mass is 396 g/mol. The maximum absolute atomic E-state index is 13.4. The zero-order valence-corrected chi connectivity index (χ0v) is 15.0. The van der Waals surface area contributed by atoms with Crippen LogP contribution in [0.4, 0.5) is 22.0 Å². The highest BCUT2D eigenvalue weighted by atomic mass is 19.2. The molecule has 1 aromatic carbocycles. The van der Waals surface area contributed by atoms with Crippen LogP contribution in [-0.2, 0) is 25.7 Å². The summed E-state index contributed by atoms with van der Waals surface area (Å²) in [6.07, 6.45) is 1.42. The highest BCUT2D eigenvalue weighted by Crippen LogP contribution is 2.23. The van der Waals surface area contributed by atoms with Crippen LogP contribution in [-0.4, -0.2) is 18.5 Å². The summed E-state index contributed by atoms with van der Waals surface area (Å²) in [5.74, 6) is -11.5. The molecule has 1 rings (SSSR count). The van der Waals surface area contributed by atoms with E-state index in [0.717, 1.165) is 0 Å². The van der Waals surface area contributed by atoms with E-state index in [9.17, 15) is 31.5 Å². The Morgan fingerprint density at radius 2 is 1.19 bits per heavy atom. The largest absolute Gasteiger partial charge is 0.465 e. The normalized spacial score (nSPS) is 11.0. The molecule has 0 fully saturated rings. The van der Waals surface area contributed by atoms with Crippen LogP contribution in [0.3, 0.4) is 0 Å². The topological polar surface area (TPSA) is 52.6 Å². The first kappa shape index (κ1) is 22.9. The van der Waals surface area contributed by atoms with E-state index in [4.69, 9.17) is 4.74 Å². The van der Waals surface area contributed by atoms with Gasteiger partial charge < -0.3 is 9.47 Å².